The van der Waals surface area contributed by atoms with Crippen molar-refractivity contribution in [3.05, 3.63) is 45.4 Å². The second-order valence-electron chi connectivity index (χ2n) is 5.11. The zero-order valence-corrected chi connectivity index (χ0v) is 16.0. The normalized spacial score (nSPS) is 11.9. The third-order valence-electron chi connectivity index (χ3n) is 3.59. The largest absolute Gasteiger partial charge is 0.468 e. The van der Waals surface area contributed by atoms with Crippen LogP contribution in [-0.2, 0) is 22.6 Å². The number of fused-ring (bicyclic) bond motifs is 1. The van der Waals surface area contributed by atoms with Crippen LogP contribution < -0.4 is 4.80 Å². The van der Waals surface area contributed by atoms with Gasteiger partial charge >= 0.3 is 5.97 Å². The van der Waals surface area contributed by atoms with Crippen LogP contribution in [0.25, 0.3) is 10.2 Å². The predicted octanol–water partition coefficient (Wildman–Crippen LogP) is 2.60. The second-order valence-corrected chi connectivity index (χ2v) is 7.03. The Morgan fingerprint density at radius 1 is 1.36 bits per heavy atom. The minimum Gasteiger partial charge on any atom is -0.468 e. The van der Waals surface area contributed by atoms with Gasteiger partial charge in [0, 0.05) is 17.2 Å². The first kappa shape index (κ1) is 17.6. The van der Waals surface area contributed by atoms with Crippen molar-refractivity contribution < 1.29 is 14.3 Å². The van der Waals surface area contributed by atoms with Crippen molar-refractivity contribution in [2.24, 2.45) is 4.99 Å². The fourth-order valence-corrected chi connectivity index (χ4v) is 3.97. The summed E-state index contributed by atoms with van der Waals surface area (Å²) in [4.78, 5) is 29.0. The van der Waals surface area contributed by atoms with E-state index in [0.717, 1.165) is 14.7 Å². The number of amides is 1. The Kier molecular flexibility index (Phi) is 5.14. The molecule has 2 aromatic heterocycles. The van der Waals surface area contributed by atoms with Crippen LogP contribution in [0.1, 0.15) is 17.4 Å². The molecule has 9 heteroatoms. The lowest BCUT2D eigenvalue weighted by Gasteiger charge is -2.04. The Morgan fingerprint density at radius 3 is 2.88 bits per heavy atom. The third-order valence-corrected chi connectivity index (χ3v) is 5.13. The Balaban J connectivity index is 2.15. The Bertz CT molecular complexity index is 1020. The number of ether oxygens (including phenoxy) is 1. The molecule has 1 aromatic carbocycles. The smallest absolute Gasteiger partial charge is 0.325 e. The van der Waals surface area contributed by atoms with E-state index in [1.807, 2.05) is 25.1 Å². The molecule has 3 aromatic rings. The first-order valence-corrected chi connectivity index (χ1v) is 9.11. The van der Waals surface area contributed by atoms with Gasteiger partial charge in [-0.05, 0) is 31.2 Å². The molecule has 0 spiro atoms. The molecule has 0 N–H and O–H groups in total. The minimum atomic E-state index is -0.407. The maximum Gasteiger partial charge on any atom is 0.325 e. The van der Waals surface area contributed by atoms with E-state index in [1.165, 1.54) is 18.4 Å². The quantitative estimate of drug-likeness (QED) is 0.605. The van der Waals surface area contributed by atoms with Crippen molar-refractivity contribution in [2.75, 3.05) is 7.11 Å². The second kappa shape index (κ2) is 7.32. The number of aryl methyl sites for hydroxylation is 1. The topological polar surface area (TPSA) is 78.5 Å². The number of nitrogens with zero attached hydrogens (tertiary/aromatic N) is 4. The van der Waals surface area contributed by atoms with Gasteiger partial charge in [-0.3, -0.25) is 14.3 Å². The predicted molar refractivity (Wildman–Crippen MR) is 97.3 cm³/mol. The number of halogens is 1. The Morgan fingerprint density at radius 2 is 2.16 bits per heavy atom. The standard InChI is InChI=1S/C16H15BrN4O3S/c1-3-21-12(6-7-18-21)15(23)19-16-20(9-14(22)24-2)11-5-4-10(17)8-13(11)25-16/h4-8H,3,9H2,1-2H3. The lowest BCUT2D eigenvalue weighted by molar-refractivity contribution is -0.141. The molecular formula is C16H15BrN4O3S. The monoisotopic (exact) mass is 422 g/mol. The van der Waals surface area contributed by atoms with Crippen LogP contribution in [0.3, 0.4) is 0 Å². The van der Waals surface area contributed by atoms with E-state index in [0.29, 0.717) is 17.0 Å². The van der Waals surface area contributed by atoms with Gasteiger partial charge in [0.15, 0.2) is 4.80 Å². The maximum atomic E-state index is 12.5. The van der Waals surface area contributed by atoms with Crippen LogP contribution in [0.15, 0.2) is 39.9 Å². The van der Waals surface area contributed by atoms with Crippen molar-refractivity contribution in [1.82, 2.24) is 14.3 Å². The highest BCUT2D eigenvalue weighted by Crippen LogP contribution is 2.22. The van der Waals surface area contributed by atoms with E-state index in [9.17, 15) is 9.59 Å². The molecule has 7 nitrogen and oxygen atoms in total. The fraction of sp³-hybridized carbons (Fsp3) is 0.250. The van der Waals surface area contributed by atoms with E-state index in [2.05, 4.69) is 26.0 Å². The van der Waals surface area contributed by atoms with Gasteiger partial charge in [-0.25, -0.2) is 0 Å². The molecule has 0 saturated carbocycles. The van der Waals surface area contributed by atoms with Crippen LogP contribution >= 0.6 is 27.3 Å². The van der Waals surface area contributed by atoms with Crippen molar-refractivity contribution >= 4 is 49.4 Å². The molecule has 2 heterocycles. The molecule has 0 bridgehead atoms. The molecule has 0 saturated heterocycles. The van der Waals surface area contributed by atoms with Gasteiger partial charge in [0.05, 0.1) is 17.3 Å². The van der Waals surface area contributed by atoms with Crippen LogP contribution in [0.4, 0.5) is 0 Å². The summed E-state index contributed by atoms with van der Waals surface area (Å²) in [6, 6.07) is 7.30. The van der Waals surface area contributed by atoms with Gasteiger partial charge < -0.3 is 9.30 Å². The number of benzene rings is 1. The summed E-state index contributed by atoms with van der Waals surface area (Å²) in [6.07, 6.45) is 1.57. The molecule has 0 fully saturated rings. The lowest BCUT2D eigenvalue weighted by Crippen LogP contribution is -2.23. The van der Waals surface area contributed by atoms with Crippen molar-refractivity contribution in [3.8, 4) is 0 Å². The van der Waals surface area contributed by atoms with Gasteiger partial charge in [-0.15, -0.1) is 0 Å². The first-order chi connectivity index (χ1) is 12.0. The molecule has 130 valence electrons. The number of aromatic nitrogens is 3. The van der Waals surface area contributed by atoms with E-state index in [1.54, 1.807) is 21.5 Å². The Hall–Kier alpha value is -2.26. The maximum absolute atomic E-state index is 12.5. The van der Waals surface area contributed by atoms with Crippen molar-refractivity contribution in [2.45, 2.75) is 20.0 Å². The van der Waals surface area contributed by atoms with E-state index >= 15 is 0 Å². The SMILES string of the molecule is CCn1nccc1C(=O)N=c1sc2cc(Br)ccc2n1CC(=O)OC. The fourth-order valence-electron chi connectivity index (χ4n) is 2.39. The summed E-state index contributed by atoms with van der Waals surface area (Å²) in [5, 5.41) is 4.09. The van der Waals surface area contributed by atoms with Gasteiger partial charge in [0.2, 0.25) is 0 Å². The molecule has 0 aliphatic heterocycles. The van der Waals surface area contributed by atoms with Crippen molar-refractivity contribution in [1.29, 1.82) is 0 Å². The number of rotatable bonds is 4. The summed E-state index contributed by atoms with van der Waals surface area (Å²) in [5.41, 5.74) is 1.22. The molecule has 0 aliphatic carbocycles. The summed E-state index contributed by atoms with van der Waals surface area (Å²) < 4.78 is 9.85. The molecule has 0 atom stereocenters. The number of hydrogen-bond donors (Lipinski definition) is 0. The zero-order chi connectivity index (χ0) is 18.0. The number of thiazole rings is 1. The summed E-state index contributed by atoms with van der Waals surface area (Å²) in [6.45, 7) is 2.46. The Labute approximate surface area is 155 Å². The van der Waals surface area contributed by atoms with Gasteiger partial charge in [0.1, 0.15) is 12.2 Å². The van der Waals surface area contributed by atoms with Gasteiger partial charge in [-0.2, -0.15) is 10.1 Å². The molecule has 0 unspecified atom stereocenters. The third kappa shape index (κ3) is 3.57. The zero-order valence-electron chi connectivity index (χ0n) is 13.6. The van der Waals surface area contributed by atoms with Gasteiger partial charge in [-0.1, -0.05) is 27.3 Å². The van der Waals surface area contributed by atoms with Crippen LogP contribution in [0.2, 0.25) is 0 Å². The molecule has 0 aliphatic rings. The van der Waals surface area contributed by atoms with Crippen LogP contribution in [0, 0.1) is 0 Å². The average molecular weight is 423 g/mol. The van der Waals surface area contributed by atoms with Gasteiger partial charge in [0.25, 0.3) is 5.91 Å². The minimum absolute atomic E-state index is 0.0166. The lowest BCUT2D eigenvalue weighted by atomic mass is 10.3. The number of carbonyl (C=O) groups is 2. The highest BCUT2D eigenvalue weighted by Gasteiger charge is 2.14. The average Bonchev–Trinajstić information content (AvgIpc) is 3.19. The molecule has 3 rings (SSSR count). The molecule has 25 heavy (non-hydrogen) atoms. The summed E-state index contributed by atoms with van der Waals surface area (Å²) in [7, 11) is 1.33. The number of carbonyl (C=O) groups excluding carboxylic acids is 2. The van der Waals surface area contributed by atoms with E-state index in [-0.39, 0.29) is 6.54 Å². The van der Waals surface area contributed by atoms with Crippen LogP contribution in [0.5, 0.6) is 0 Å². The van der Waals surface area contributed by atoms with Crippen LogP contribution in [-0.4, -0.2) is 33.3 Å². The summed E-state index contributed by atoms with van der Waals surface area (Å²) >= 11 is 4.77. The molecule has 0 radical (unpaired) electrons. The molecular weight excluding hydrogens is 408 g/mol. The van der Waals surface area contributed by atoms with E-state index in [4.69, 9.17) is 4.74 Å². The number of methoxy groups -OCH3 is 1. The number of hydrogen-bond acceptors (Lipinski definition) is 5. The number of esters is 1. The highest BCUT2D eigenvalue weighted by atomic mass is 79.9. The molecule has 1 amide bonds. The van der Waals surface area contributed by atoms with Crippen molar-refractivity contribution in [3.63, 3.8) is 0 Å². The van der Waals surface area contributed by atoms with E-state index < -0.39 is 11.9 Å². The highest BCUT2D eigenvalue weighted by molar-refractivity contribution is 9.10. The first-order valence-electron chi connectivity index (χ1n) is 7.50. The summed E-state index contributed by atoms with van der Waals surface area (Å²) in [5.74, 6) is -0.807.